The van der Waals surface area contributed by atoms with Crippen LogP contribution >= 0.6 is 12.6 Å². The molecule has 0 saturated heterocycles. The molecule has 0 spiro atoms. The van der Waals surface area contributed by atoms with Gasteiger partial charge in [-0.25, -0.2) is 0 Å². The summed E-state index contributed by atoms with van der Waals surface area (Å²) >= 11 is 4.23. The summed E-state index contributed by atoms with van der Waals surface area (Å²) in [6, 6.07) is 1.94. The van der Waals surface area contributed by atoms with E-state index in [9.17, 15) is 10.2 Å². The molecule has 126 valence electrons. The standard InChI is InChI=1S/C17H30N2O2S/c1-4-7-14(2)16(20)12-19(10-6-11-22)13-17(21)15(3)8-5-9-18/h4-5,7-8,14-17,20-22H,6,10-13H2,1-3H3/b7-4-,8-5-. The molecule has 0 aromatic rings. The van der Waals surface area contributed by atoms with Gasteiger partial charge in [-0.15, -0.1) is 0 Å². The second kappa shape index (κ2) is 12.7. The van der Waals surface area contributed by atoms with Crippen molar-refractivity contribution in [3.63, 3.8) is 0 Å². The molecule has 0 aliphatic carbocycles. The fourth-order valence-electron chi connectivity index (χ4n) is 2.17. The first kappa shape index (κ1) is 21.2. The number of nitrogens with zero attached hydrogens (tertiary/aromatic N) is 2. The largest absolute Gasteiger partial charge is 0.391 e. The average Bonchev–Trinajstić information content (AvgIpc) is 2.50. The zero-order valence-corrected chi connectivity index (χ0v) is 14.8. The van der Waals surface area contributed by atoms with Crippen LogP contribution in [0.15, 0.2) is 24.3 Å². The molecule has 0 amide bonds. The van der Waals surface area contributed by atoms with Gasteiger partial charge in [0.2, 0.25) is 0 Å². The van der Waals surface area contributed by atoms with E-state index in [1.165, 1.54) is 6.08 Å². The van der Waals surface area contributed by atoms with Crippen molar-refractivity contribution in [3.05, 3.63) is 24.3 Å². The second-order valence-corrected chi connectivity index (χ2v) is 6.15. The Morgan fingerprint density at radius 1 is 1.14 bits per heavy atom. The Balaban J connectivity index is 4.62. The first-order valence-electron chi connectivity index (χ1n) is 7.84. The predicted molar refractivity (Wildman–Crippen MR) is 94.8 cm³/mol. The average molecular weight is 327 g/mol. The maximum atomic E-state index is 10.3. The highest BCUT2D eigenvalue weighted by atomic mass is 32.1. The van der Waals surface area contributed by atoms with Gasteiger partial charge in [0.1, 0.15) is 0 Å². The lowest BCUT2D eigenvalue weighted by Crippen LogP contribution is -2.42. The Morgan fingerprint density at radius 2 is 1.68 bits per heavy atom. The number of aliphatic hydroxyl groups is 2. The summed E-state index contributed by atoms with van der Waals surface area (Å²) < 4.78 is 0. The highest BCUT2D eigenvalue weighted by molar-refractivity contribution is 7.80. The summed E-state index contributed by atoms with van der Waals surface area (Å²) in [7, 11) is 0. The van der Waals surface area contributed by atoms with E-state index in [4.69, 9.17) is 5.26 Å². The van der Waals surface area contributed by atoms with Gasteiger partial charge in [0, 0.05) is 31.0 Å². The lowest BCUT2D eigenvalue weighted by atomic mass is 10.0. The Hall–Kier alpha value is -0.800. The van der Waals surface area contributed by atoms with Crippen LogP contribution in [0.4, 0.5) is 0 Å². The first-order valence-corrected chi connectivity index (χ1v) is 8.47. The highest BCUT2D eigenvalue weighted by Crippen LogP contribution is 2.11. The van der Waals surface area contributed by atoms with E-state index in [1.54, 1.807) is 6.08 Å². The first-order chi connectivity index (χ1) is 10.5. The van der Waals surface area contributed by atoms with E-state index in [1.807, 2.05) is 39.0 Å². The van der Waals surface area contributed by atoms with Crippen LogP contribution in [-0.4, -0.2) is 52.7 Å². The molecule has 4 unspecified atom stereocenters. The van der Waals surface area contributed by atoms with Crippen LogP contribution < -0.4 is 0 Å². The molecule has 0 radical (unpaired) electrons. The molecule has 4 atom stereocenters. The summed E-state index contributed by atoms with van der Waals surface area (Å²) in [5.74, 6) is 0.761. The molecule has 0 aliphatic heterocycles. The SMILES string of the molecule is C/C=C\C(C)C(O)CN(CCCS)CC(O)C(C)/C=C\C#N. The number of allylic oxidation sites excluding steroid dienone is 2. The van der Waals surface area contributed by atoms with E-state index in [0.29, 0.717) is 13.1 Å². The smallest absolute Gasteiger partial charge is 0.0908 e. The van der Waals surface area contributed by atoms with Crippen LogP contribution in [-0.2, 0) is 0 Å². The van der Waals surface area contributed by atoms with Crippen molar-refractivity contribution in [2.75, 3.05) is 25.4 Å². The fraction of sp³-hybridized carbons (Fsp3) is 0.706. The molecule has 0 fully saturated rings. The maximum Gasteiger partial charge on any atom is 0.0908 e. The van der Waals surface area contributed by atoms with Crippen molar-refractivity contribution in [2.45, 2.75) is 39.4 Å². The van der Waals surface area contributed by atoms with Gasteiger partial charge in [-0.3, -0.25) is 4.90 Å². The number of aliphatic hydroxyl groups excluding tert-OH is 2. The van der Waals surface area contributed by atoms with Crippen LogP contribution in [0.25, 0.3) is 0 Å². The van der Waals surface area contributed by atoms with Crippen molar-refractivity contribution >= 4 is 12.6 Å². The van der Waals surface area contributed by atoms with Gasteiger partial charge in [-0.2, -0.15) is 17.9 Å². The molecular weight excluding hydrogens is 296 g/mol. The quantitative estimate of drug-likeness (QED) is 0.309. The molecule has 22 heavy (non-hydrogen) atoms. The summed E-state index contributed by atoms with van der Waals surface area (Å²) in [6.45, 7) is 7.59. The molecule has 5 heteroatoms. The molecule has 0 rings (SSSR count). The molecule has 0 aromatic heterocycles. The second-order valence-electron chi connectivity index (χ2n) is 5.70. The zero-order chi connectivity index (χ0) is 17.0. The lowest BCUT2D eigenvalue weighted by molar-refractivity contribution is 0.0434. The third-order valence-electron chi connectivity index (χ3n) is 3.71. The normalized spacial score (nSPS) is 17.7. The van der Waals surface area contributed by atoms with Gasteiger partial charge in [0.05, 0.1) is 18.3 Å². The Kier molecular flexibility index (Phi) is 12.3. The lowest BCUT2D eigenvalue weighted by Gasteiger charge is -2.30. The van der Waals surface area contributed by atoms with Gasteiger partial charge in [0.25, 0.3) is 0 Å². The molecule has 4 nitrogen and oxygen atoms in total. The summed E-state index contributed by atoms with van der Waals surface area (Å²) in [5.41, 5.74) is 0. The topological polar surface area (TPSA) is 67.5 Å². The Bertz CT molecular complexity index is 379. The van der Waals surface area contributed by atoms with Gasteiger partial charge < -0.3 is 10.2 Å². The molecule has 0 heterocycles. The van der Waals surface area contributed by atoms with Crippen molar-refractivity contribution in [3.8, 4) is 6.07 Å². The van der Waals surface area contributed by atoms with Gasteiger partial charge >= 0.3 is 0 Å². The number of hydrogen-bond acceptors (Lipinski definition) is 5. The summed E-state index contributed by atoms with van der Waals surface area (Å²) in [6.07, 6.45) is 6.91. The van der Waals surface area contributed by atoms with E-state index < -0.39 is 12.2 Å². The van der Waals surface area contributed by atoms with Crippen LogP contribution in [0.1, 0.15) is 27.2 Å². The minimum absolute atomic E-state index is 0.0801. The minimum atomic E-state index is -0.561. The van der Waals surface area contributed by atoms with Crippen molar-refractivity contribution in [2.24, 2.45) is 11.8 Å². The highest BCUT2D eigenvalue weighted by Gasteiger charge is 2.20. The molecule has 0 saturated carbocycles. The predicted octanol–water partition coefficient (Wildman–Crippen LogP) is 2.26. The third-order valence-corrected chi connectivity index (χ3v) is 4.02. The molecule has 0 bridgehead atoms. The van der Waals surface area contributed by atoms with E-state index in [2.05, 4.69) is 17.5 Å². The Labute approximate surface area is 140 Å². The number of thiol groups is 1. The van der Waals surface area contributed by atoms with Gasteiger partial charge in [0.15, 0.2) is 0 Å². The van der Waals surface area contributed by atoms with Gasteiger partial charge in [-0.1, -0.05) is 32.1 Å². The molecule has 0 aromatic carbocycles. The number of hydrogen-bond donors (Lipinski definition) is 3. The van der Waals surface area contributed by atoms with Crippen molar-refractivity contribution in [1.82, 2.24) is 4.90 Å². The maximum absolute atomic E-state index is 10.3. The molecule has 2 N–H and O–H groups in total. The Morgan fingerprint density at radius 3 is 2.14 bits per heavy atom. The van der Waals surface area contributed by atoms with Crippen LogP contribution in [0.3, 0.4) is 0 Å². The van der Waals surface area contributed by atoms with Crippen LogP contribution in [0.2, 0.25) is 0 Å². The monoisotopic (exact) mass is 326 g/mol. The molecule has 0 aliphatic rings. The number of rotatable bonds is 11. The van der Waals surface area contributed by atoms with Gasteiger partial charge in [-0.05, 0) is 25.6 Å². The zero-order valence-electron chi connectivity index (χ0n) is 13.9. The van der Waals surface area contributed by atoms with Crippen molar-refractivity contribution < 1.29 is 10.2 Å². The van der Waals surface area contributed by atoms with Crippen LogP contribution in [0, 0.1) is 23.2 Å². The fourth-order valence-corrected chi connectivity index (χ4v) is 2.31. The molecular formula is C17H30N2O2S. The van der Waals surface area contributed by atoms with E-state index in [0.717, 1.165) is 18.7 Å². The minimum Gasteiger partial charge on any atom is -0.391 e. The third kappa shape index (κ3) is 9.26. The summed E-state index contributed by atoms with van der Waals surface area (Å²) in [4.78, 5) is 2.07. The van der Waals surface area contributed by atoms with Crippen LogP contribution in [0.5, 0.6) is 0 Å². The van der Waals surface area contributed by atoms with E-state index in [-0.39, 0.29) is 11.8 Å². The number of nitriles is 1. The summed E-state index contributed by atoms with van der Waals surface area (Å²) in [5, 5.41) is 29.1. The van der Waals surface area contributed by atoms with E-state index >= 15 is 0 Å². The van der Waals surface area contributed by atoms with Crippen molar-refractivity contribution in [1.29, 1.82) is 5.26 Å².